The minimum absolute atomic E-state index is 0.106. The van der Waals surface area contributed by atoms with Crippen LogP contribution in [0.5, 0.6) is 0 Å². The third kappa shape index (κ3) is 7.21. The number of carbonyl (C=O) groups is 3. The summed E-state index contributed by atoms with van der Waals surface area (Å²) < 4.78 is 25.6. The molecule has 1 aliphatic rings. The van der Waals surface area contributed by atoms with Crippen molar-refractivity contribution in [2.45, 2.75) is 51.6 Å². The fourth-order valence-corrected chi connectivity index (χ4v) is 4.81. The molecule has 182 valence electrons. The molecule has 1 saturated carbocycles. The predicted octanol–water partition coefficient (Wildman–Crippen LogP) is 3.30. The first kappa shape index (κ1) is 25.6. The molecule has 0 radical (unpaired) electrons. The van der Waals surface area contributed by atoms with Gasteiger partial charge in [0.2, 0.25) is 17.7 Å². The average Bonchev–Trinajstić information content (AvgIpc) is 3.29. The zero-order valence-electron chi connectivity index (χ0n) is 19.4. The number of nitrogens with one attached hydrogen (secondary N) is 2. The van der Waals surface area contributed by atoms with E-state index in [0.29, 0.717) is 11.4 Å². The van der Waals surface area contributed by atoms with Crippen molar-refractivity contribution in [1.29, 1.82) is 0 Å². The Morgan fingerprint density at radius 3 is 2.26 bits per heavy atom. The van der Waals surface area contributed by atoms with Crippen LogP contribution in [0.3, 0.4) is 0 Å². The Labute approximate surface area is 201 Å². The van der Waals surface area contributed by atoms with Crippen LogP contribution in [0.1, 0.15) is 38.2 Å². The average molecular weight is 488 g/mol. The lowest BCUT2D eigenvalue weighted by Gasteiger charge is -2.29. The lowest BCUT2D eigenvalue weighted by Crippen LogP contribution is -2.51. The second-order valence-electron chi connectivity index (χ2n) is 8.55. The molecular formula is C25H30FN3O4S. The maximum Gasteiger partial charge on any atom is 0.243 e. The molecule has 1 fully saturated rings. The van der Waals surface area contributed by atoms with Crippen molar-refractivity contribution >= 4 is 39.9 Å². The van der Waals surface area contributed by atoms with Gasteiger partial charge in [0.15, 0.2) is 0 Å². The third-order valence-corrected chi connectivity index (χ3v) is 6.91. The number of anilines is 2. The van der Waals surface area contributed by atoms with Crippen LogP contribution in [0, 0.1) is 12.7 Å². The van der Waals surface area contributed by atoms with Gasteiger partial charge in [0.25, 0.3) is 0 Å². The van der Waals surface area contributed by atoms with Crippen molar-refractivity contribution in [1.82, 2.24) is 5.32 Å². The number of hydrogen-bond acceptors (Lipinski definition) is 4. The summed E-state index contributed by atoms with van der Waals surface area (Å²) in [7, 11) is -1.80. The molecule has 0 heterocycles. The summed E-state index contributed by atoms with van der Waals surface area (Å²) in [4.78, 5) is 39.6. The van der Waals surface area contributed by atoms with E-state index in [0.717, 1.165) is 31.2 Å². The number of nitrogens with zero attached hydrogens (tertiary/aromatic N) is 1. The van der Waals surface area contributed by atoms with Gasteiger partial charge in [-0.1, -0.05) is 30.5 Å². The van der Waals surface area contributed by atoms with Crippen LogP contribution in [0.2, 0.25) is 0 Å². The predicted molar refractivity (Wildman–Crippen MR) is 131 cm³/mol. The smallest absolute Gasteiger partial charge is 0.243 e. The van der Waals surface area contributed by atoms with Crippen molar-refractivity contribution < 1.29 is 23.0 Å². The van der Waals surface area contributed by atoms with E-state index in [4.69, 9.17) is 0 Å². The van der Waals surface area contributed by atoms with Crippen molar-refractivity contribution in [2.75, 3.05) is 21.7 Å². The Morgan fingerprint density at radius 1 is 1.03 bits per heavy atom. The molecular weight excluding hydrogens is 457 g/mol. The van der Waals surface area contributed by atoms with E-state index < -0.39 is 46.0 Å². The van der Waals surface area contributed by atoms with E-state index in [9.17, 15) is 23.0 Å². The molecule has 0 bridgehead atoms. The zero-order chi connectivity index (χ0) is 24.7. The van der Waals surface area contributed by atoms with Crippen LogP contribution < -0.4 is 15.5 Å². The molecule has 0 spiro atoms. The first-order valence-corrected chi connectivity index (χ1v) is 12.8. The highest BCUT2D eigenvalue weighted by atomic mass is 32.2. The Balaban J connectivity index is 1.66. The summed E-state index contributed by atoms with van der Waals surface area (Å²) in [6.07, 6.45) is 3.98. The Kier molecular flexibility index (Phi) is 8.92. The van der Waals surface area contributed by atoms with Crippen LogP contribution in [0.4, 0.5) is 15.8 Å². The lowest BCUT2D eigenvalue weighted by molar-refractivity contribution is -0.125. The van der Waals surface area contributed by atoms with E-state index in [-0.39, 0.29) is 11.9 Å². The third-order valence-electron chi connectivity index (χ3n) is 5.75. The molecule has 3 rings (SSSR count). The summed E-state index contributed by atoms with van der Waals surface area (Å²) in [6, 6.07) is 11.7. The molecule has 2 aromatic rings. The van der Waals surface area contributed by atoms with Gasteiger partial charge in [-0.05, 0) is 63.1 Å². The van der Waals surface area contributed by atoms with Gasteiger partial charge in [0.05, 0.1) is 0 Å². The summed E-state index contributed by atoms with van der Waals surface area (Å²) in [5.74, 6) is -2.56. The van der Waals surface area contributed by atoms with Crippen LogP contribution in [0.25, 0.3) is 0 Å². The second-order valence-corrected chi connectivity index (χ2v) is 10.0. The van der Waals surface area contributed by atoms with Crippen LogP contribution in [0.15, 0.2) is 48.5 Å². The molecule has 34 heavy (non-hydrogen) atoms. The standard InChI is InChI=1S/C25H30FN3O4S/c1-17-7-13-22(14-8-17)29(18(2)25(32)28-20-5-3-4-6-20)24(31)16-34(33)15-23(30)27-21-11-9-19(26)10-12-21/h7-14,18,20H,3-6,15-16H2,1-2H3,(H,27,30)(H,28,32)/t18-,34-/m0/s1. The molecule has 2 N–H and O–H groups in total. The van der Waals surface area contributed by atoms with Gasteiger partial charge in [-0.3, -0.25) is 23.5 Å². The summed E-state index contributed by atoms with van der Waals surface area (Å²) in [6.45, 7) is 3.56. The number of halogens is 1. The number of aryl methyl sites for hydroxylation is 1. The fourth-order valence-electron chi connectivity index (χ4n) is 3.93. The number of carbonyl (C=O) groups excluding carboxylic acids is 3. The van der Waals surface area contributed by atoms with Gasteiger partial charge in [-0.2, -0.15) is 0 Å². The van der Waals surface area contributed by atoms with E-state index in [1.165, 1.54) is 29.2 Å². The minimum Gasteiger partial charge on any atom is -0.352 e. The Bertz CT molecular complexity index is 1040. The largest absolute Gasteiger partial charge is 0.352 e. The molecule has 0 unspecified atom stereocenters. The zero-order valence-corrected chi connectivity index (χ0v) is 20.2. The maximum atomic E-state index is 13.2. The fraction of sp³-hybridized carbons (Fsp3) is 0.400. The summed E-state index contributed by atoms with van der Waals surface area (Å²) >= 11 is 0. The Hall–Kier alpha value is -3.07. The van der Waals surface area contributed by atoms with Crippen molar-refractivity contribution in [2.24, 2.45) is 0 Å². The van der Waals surface area contributed by atoms with Gasteiger partial charge in [0, 0.05) is 28.2 Å². The highest BCUT2D eigenvalue weighted by Crippen LogP contribution is 2.21. The van der Waals surface area contributed by atoms with Crippen LogP contribution in [-0.2, 0) is 25.2 Å². The molecule has 0 aliphatic heterocycles. The monoisotopic (exact) mass is 487 g/mol. The van der Waals surface area contributed by atoms with E-state index in [2.05, 4.69) is 10.6 Å². The van der Waals surface area contributed by atoms with Crippen molar-refractivity contribution in [3.05, 3.63) is 59.9 Å². The van der Waals surface area contributed by atoms with E-state index in [1.807, 2.05) is 19.1 Å². The lowest BCUT2D eigenvalue weighted by atomic mass is 10.1. The molecule has 9 heteroatoms. The van der Waals surface area contributed by atoms with Crippen LogP contribution >= 0.6 is 0 Å². The summed E-state index contributed by atoms with van der Waals surface area (Å²) in [5, 5.41) is 5.55. The second kappa shape index (κ2) is 11.9. The molecule has 2 atom stereocenters. The van der Waals surface area contributed by atoms with Gasteiger partial charge in [-0.25, -0.2) is 4.39 Å². The molecule has 0 saturated heterocycles. The molecule has 3 amide bonds. The first-order valence-electron chi connectivity index (χ1n) is 11.3. The van der Waals surface area contributed by atoms with E-state index >= 15 is 0 Å². The van der Waals surface area contributed by atoms with Crippen molar-refractivity contribution in [3.8, 4) is 0 Å². The quantitative estimate of drug-likeness (QED) is 0.567. The van der Waals surface area contributed by atoms with E-state index in [1.54, 1.807) is 19.1 Å². The van der Waals surface area contributed by atoms with Gasteiger partial charge in [-0.15, -0.1) is 0 Å². The van der Waals surface area contributed by atoms with Gasteiger partial charge in [0.1, 0.15) is 23.4 Å². The molecule has 7 nitrogen and oxygen atoms in total. The SMILES string of the molecule is Cc1ccc(N(C(=O)C[S@@](=O)CC(=O)Nc2ccc(F)cc2)[C@@H](C)C(=O)NC2CCCC2)cc1. The number of rotatable bonds is 9. The summed E-state index contributed by atoms with van der Waals surface area (Å²) in [5.41, 5.74) is 1.89. The molecule has 0 aromatic heterocycles. The van der Waals surface area contributed by atoms with Crippen molar-refractivity contribution in [3.63, 3.8) is 0 Å². The van der Waals surface area contributed by atoms with Crippen LogP contribution in [-0.4, -0.2) is 45.5 Å². The maximum absolute atomic E-state index is 13.2. The number of benzene rings is 2. The molecule has 1 aliphatic carbocycles. The molecule has 2 aromatic carbocycles. The first-order chi connectivity index (χ1) is 16.2. The normalized spacial score (nSPS) is 15.4. The highest BCUT2D eigenvalue weighted by Gasteiger charge is 2.30. The highest BCUT2D eigenvalue weighted by molar-refractivity contribution is 7.86. The number of hydrogen-bond donors (Lipinski definition) is 2. The number of amides is 3. The topological polar surface area (TPSA) is 95.6 Å². The van der Waals surface area contributed by atoms with Gasteiger partial charge >= 0.3 is 0 Å². The van der Waals surface area contributed by atoms with Gasteiger partial charge < -0.3 is 10.6 Å². The Morgan fingerprint density at radius 2 is 1.65 bits per heavy atom. The minimum atomic E-state index is -1.80.